The van der Waals surface area contributed by atoms with Crippen LogP contribution in [0, 0.1) is 5.41 Å². The van der Waals surface area contributed by atoms with Gasteiger partial charge < -0.3 is 9.80 Å². The van der Waals surface area contributed by atoms with Gasteiger partial charge in [-0.05, 0) is 45.9 Å². The van der Waals surface area contributed by atoms with Crippen LogP contribution in [0.3, 0.4) is 0 Å². The maximum absolute atomic E-state index is 13.8. The number of hydrogen-bond acceptors (Lipinski definition) is 6. The zero-order chi connectivity index (χ0) is 29.3. The summed E-state index contributed by atoms with van der Waals surface area (Å²) < 4.78 is 0. The number of aromatic nitrogens is 1. The summed E-state index contributed by atoms with van der Waals surface area (Å²) in [7, 11) is 0. The van der Waals surface area contributed by atoms with Crippen LogP contribution in [0.2, 0.25) is 0 Å². The minimum atomic E-state index is -0.762. The number of anilines is 2. The van der Waals surface area contributed by atoms with Crippen LogP contribution in [0.1, 0.15) is 48.3 Å². The molecule has 0 bridgehead atoms. The minimum Gasteiger partial charge on any atom is -0.369 e. The van der Waals surface area contributed by atoms with Crippen LogP contribution >= 0.6 is 11.3 Å². The van der Waals surface area contributed by atoms with Gasteiger partial charge in [-0.1, -0.05) is 75.4 Å². The topological polar surface area (TPSA) is 68.8 Å². The van der Waals surface area contributed by atoms with Gasteiger partial charge in [0.25, 0.3) is 11.8 Å². The van der Waals surface area contributed by atoms with E-state index in [4.69, 9.17) is 0 Å². The molecule has 1 aromatic heterocycles. The molecular formula is C34H37N5O2S. The number of rotatable bonds is 7. The molecule has 4 aromatic rings. The van der Waals surface area contributed by atoms with Crippen molar-refractivity contribution in [3.63, 3.8) is 0 Å². The normalized spacial score (nSPS) is 16.4. The van der Waals surface area contributed by atoms with Crippen LogP contribution in [-0.2, 0) is 11.3 Å². The number of carbonyl (C=O) groups is 2. The van der Waals surface area contributed by atoms with Crippen molar-refractivity contribution in [1.82, 2.24) is 14.8 Å². The quantitative estimate of drug-likeness (QED) is 0.278. The molecule has 6 rings (SSSR count). The number of nitrogens with one attached hydrogen (secondary N) is 1. The van der Waals surface area contributed by atoms with E-state index in [-0.39, 0.29) is 11.8 Å². The lowest BCUT2D eigenvalue weighted by atomic mass is 9.95. The van der Waals surface area contributed by atoms with Crippen molar-refractivity contribution in [2.75, 3.05) is 42.9 Å². The second kappa shape index (κ2) is 11.7. The average Bonchev–Trinajstić information content (AvgIpc) is 3.61. The summed E-state index contributed by atoms with van der Waals surface area (Å²) in [5, 5.41) is 5.22. The molecule has 0 saturated carbocycles. The highest BCUT2D eigenvalue weighted by molar-refractivity contribution is 7.13. The van der Waals surface area contributed by atoms with Gasteiger partial charge in [0.05, 0.1) is 0 Å². The molecule has 7 nitrogen and oxygen atoms in total. The standard InChI is InChI=1S/C34H37N5O2S/c1-34(2,3)23-37-16-18-38(19-17-37)28-13-11-24(12-14-28)26-9-10-27-22-39(32(41)29(27)21-26)30(25-7-5-4-6-8-25)31(40)36-33-35-15-20-42-33/h4-15,20-21,30H,16-19,22-23H2,1-3H3,(H,35,36,40). The number of thiazole rings is 1. The van der Waals surface area contributed by atoms with Crippen LogP contribution < -0.4 is 10.2 Å². The Balaban J connectivity index is 1.18. The van der Waals surface area contributed by atoms with E-state index in [1.165, 1.54) is 17.0 Å². The molecule has 2 aliphatic rings. The third-order valence-electron chi connectivity index (χ3n) is 7.92. The van der Waals surface area contributed by atoms with Crippen molar-refractivity contribution in [3.05, 3.63) is 101 Å². The Morgan fingerprint density at radius 2 is 1.67 bits per heavy atom. The number of benzene rings is 3. The molecule has 3 heterocycles. The summed E-state index contributed by atoms with van der Waals surface area (Å²) in [6.45, 7) is 12.6. The van der Waals surface area contributed by atoms with Crippen LogP contribution in [0.25, 0.3) is 11.1 Å². The third-order valence-corrected chi connectivity index (χ3v) is 8.60. The second-order valence-electron chi connectivity index (χ2n) is 12.3. The fourth-order valence-corrected chi connectivity index (χ4v) is 6.51. The minimum absolute atomic E-state index is 0.139. The molecule has 0 radical (unpaired) electrons. The summed E-state index contributed by atoms with van der Waals surface area (Å²) in [6, 6.07) is 23.4. The van der Waals surface area contributed by atoms with Crippen molar-refractivity contribution in [1.29, 1.82) is 0 Å². The number of carbonyl (C=O) groups excluding carboxylic acids is 2. The van der Waals surface area contributed by atoms with E-state index in [0.717, 1.165) is 55.0 Å². The maximum Gasteiger partial charge on any atom is 0.255 e. The van der Waals surface area contributed by atoms with Gasteiger partial charge in [-0.3, -0.25) is 19.8 Å². The van der Waals surface area contributed by atoms with Gasteiger partial charge in [0, 0.05) is 62.1 Å². The van der Waals surface area contributed by atoms with E-state index in [0.29, 0.717) is 22.7 Å². The molecule has 1 atom stereocenters. The van der Waals surface area contributed by atoms with Crippen LogP contribution in [0.15, 0.2) is 84.4 Å². The summed E-state index contributed by atoms with van der Waals surface area (Å²) >= 11 is 1.35. The van der Waals surface area contributed by atoms with Crippen LogP contribution in [-0.4, -0.2) is 59.3 Å². The van der Waals surface area contributed by atoms with Crippen molar-refractivity contribution < 1.29 is 9.59 Å². The Kier molecular flexibility index (Phi) is 7.84. The summed E-state index contributed by atoms with van der Waals surface area (Å²) in [5.41, 5.74) is 5.95. The maximum atomic E-state index is 13.8. The van der Waals surface area contributed by atoms with Gasteiger partial charge in [-0.25, -0.2) is 4.98 Å². The molecular weight excluding hydrogens is 542 g/mol. The zero-order valence-corrected chi connectivity index (χ0v) is 25.2. The molecule has 0 aliphatic carbocycles. The van der Waals surface area contributed by atoms with Crippen molar-refractivity contribution in [3.8, 4) is 11.1 Å². The lowest BCUT2D eigenvalue weighted by Gasteiger charge is -2.38. The van der Waals surface area contributed by atoms with Gasteiger partial charge in [0.15, 0.2) is 5.13 Å². The summed E-state index contributed by atoms with van der Waals surface area (Å²) in [6.07, 6.45) is 1.65. The molecule has 1 N–H and O–H groups in total. The Bertz CT molecular complexity index is 1540. The lowest BCUT2D eigenvalue weighted by molar-refractivity contribution is -0.120. The third kappa shape index (κ3) is 6.10. The predicted molar refractivity (Wildman–Crippen MR) is 170 cm³/mol. The summed E-state index contributed by atoms with van der Waals surface area (Å²) in [5.74, 6) is -0.410. The molecule has 3 aromatic carbocycles. The van der Waals surface area contributed by atoms with Crippen LogP contribution in [0.5, 0.6) is 0 Å². The largest absolute Gasteiger partial charge is 0.369 e. The van der Waals surface area contributed by atoms with E-state index >= 15 is 0 Å². The van der Waals surface area contributed by atoms with E-state index in [2.05, 4.69) is 71.2 Å². The molecule has 216 valence electrons. The first kappa shape index (κ1) is 28.1. The monoisotopic (exact) mass is 579 g/mol. The van der Waals surface area contributed by atoms with Crippen LogP contribution in [0.4, 0.5) is 10.8 Å². The van der Waals surface area contributed by atoms with Gasteiger partial charge in [0.1, 0.15) is 6.04 Å². The van der Waals surface area contributed by atoms with E-state index in [1.807, 2.05) is 47.8 Å². The van der Waals surface area contributed by atoms with Crippen molar-refractivity contribution >= 4 is 34.0 Å². The van der Waals surface area contributed by atoms with Gasteiger partial charge in [-0.15, -0.1) is 11.3 Å². The van der Waals surface area contributed by atoms with E-state index in [1.54, 1.807) is 11.1 Å². The fraction of sp³-hybridized carbons (Fsp3) is 0.324. The number of fused-ring (bicyclic) bond motifs is 1. The first-order valence-corrected chi connectivity index (χ1v) is 15.4. The number of hydrogen-bond donors (Lipinski definition) is 1. The van der Waals surface area contributed by atoms with Gasteiger partial charge >= 0.3 is 0 Å². The Morgan fingerprint density at radius 3 is 2.33 bits per heavy atom. The summed E-state index contributed by atoms with van der Waals surface area (Å²) in [4.78, 5) is 38.1. The molecule has 42 heavy (non-hydrogen) atoms. The second-order valence-corrected chi connectivity index (χ2v) is 13.2. The van der Waals surface area contributed by atoms with Gasteiger partial charge in [-0.2, -0.15) is 0 Å². The fourth-order valence-electron chi connectivity index (χ4n) is 5.98. The molecule has 1 fully saturated rings. The lowest BCUT2D eigenvalue weighted by Crippen LogP contribution is -2.48. The Labute approximate surface area is 251 Å². The Hall–Kier alpha value is -4.01. The number of amides is 2. The highest BCUT2D eigenvalue weighted by Crippen LogP contribution is 2.35. The SMILES string of the molecule is CC(C)(C)CN1CCN(c2ccc(-c3ccc4c(c3)C(=O)N(C(C(=O)Nc3nccs3)c3ccccc3)C4)cc2)CC1. The zero-order valence-electron chi connectivity index (χ0n) is 24.4. The predicted octanol–water partition coefficient (Wildman–Crippen LogP) is 6.31. The van der Waals surface area contributed by atoms with Gasteiger partial charge in [0.2, 0.25) is 0 Å². The van der Waals surface area contributed by atoms with E-state index in [9.17, 15) is 9.59 Å². The first-order chi connectivity index (χ1) is 20.2. The molecule has 1 saturated heterocycles. The Morgan fingerprint density at radius 1 is 0.952 bits per heavy atom. The smallest absolute Gasteiger partial charge is 0.255 e. The van der Waals surface area contributed by atoms with Crippen molar-refractivity contribution in [2.45, 2.75) is 33.4 Å². The highest BCUT2D eigenvalue weighted by atomic mass is 32.1. The molecule has 1 unspecified atom stereocenters. The van der Waals surface area contributed by atoms with Crippen molar-refractivity contribution in [2.24, 2.45) is 5.41 Å². The molecule has 0 spiro atoms. The molecule has 8 heteroatoms. The number of nitrogens with zero attached hydrogens (tertiary/aromatic N) is 4. The first-order valence-electron chi connectivity index (χ1n) is 14.5. The number of piperazine rings is 1. The van der Waals surface area contributed by atoms with E-state index < -0.39 is 6.04 Å². The highest BCUT2D eigenvalue weighted by Gasteiger charge is 2.38. The molecule has 2 aliphatic heterocycles. The molecule has 2 amide bonds. The average molecular weight is 580 g/mol.